The molecule has 0 saturated heterocycles. The Morgan fingerprint density at radius 2 is 1.76 bits per heavy atom. The van der Waals surface area contributed by atoms with E-state index in [0.717, 1.165) is 18.5 Å². The molecule has 1 N–H and O–H groups in total. The van der Waals surface area contributed by atoms with Crippen molar-refractivity contribution >= 4 is 23.2 Å². The van der Waals surface area contributed by atoms with Gasteiger partial charge in [-0.25, -0.2) is 4.39 Å². The molecule has 0 fully saturated rings. The summed E-state index contributed by atoms with van der Waals surface area (Å²) in [6.07, 6.45) is 1.60. The van der Waals surface area contributed by atoms with Crippen molar-refractivity contribution in [2.45, 2.75) is 25.8 Å². The Labute approximate surface area is 135 Å². The Morgan fingerprint density at radius 1 is 1.05 bits per heavy atom. The quantitative estimate of drug-likeness (QED) is 0.748. The lowest BCUT2D eigenvalue weighted by atomic mass is 9.98. The molecule has 0 aromatic heterocycles. The number of hydrogen-bond acceptors (Lipinski definition) is 1. The second-order valence-corrected chi connectivity index (χ2v) is 5.76. The molecule has 2 aromatic carbocycles. The van der Waals surface area contributed by atoms with Gasteiger partial charge in [-0.15, -0.1) is 0 Å². The molecule has 0 heterocycles. The van der Waals surface area contributed by atoms with Gasteiger partial charge >= 0.3 is 0 Å². The van der Waals surface area contributed by atoms with E-state index in [-0.39, 0.29) is 16.9 Å². The SMILES string of the molecule is CCCNC(Cc1ccccc1Cl)c1cccc(Cl)c1F. The lowest BCUT2D eigenvalue weighted by molar-refractivity contribution is 0.497. The fraction of sp³-hybridized carbons (Fsp3) is 0.294. The van der Waals surface area contributed by atoms with Gasteiger partial charge in [-0.1, -0.05) is 60.5 Å². The molecule has 0 aliphatic carbocycles. The second-order valence-electron chi connectivity index (χ2n) is 4.95. The molecule has 0 saturated carbocycles. The number of hydrogen-bond donors (Lipinski definition) is 1. The molecule has 21 heavy (non-hydrogen) atoms. The fourth-order valence-electron chi connectivity index (χ4n) is 2.28. The normalized spacial score (nSPS) is 12.4. The van der Waals surface area contributed by atoms with Crippen LogP contribution in [-0.2, 0) is 6.42 Å². The monoisotopic (exact) mass is 325 g/mol. The molecule has 0 aliphatic rings. The van der Waals surface area contributed by atoms with Crippen LogP contribution in [0.5, 0.6) is 0 Å². The third kappa shape index (κ3) is 4.19. The van der Waals surface area contributed by atoms with Gasteiger partial charge in [0.25, 0.3) is 0 Å². The van der Waals surface area contributed by atoms with E-state index in [2.05, 4.69) is 12.2 Å². The van der Waals surface area contributed by atoms with Gasteiger partial charge in [0, 0.05) is 16.6 Å². The summed E-state index contributed by atoms with van der Waals surface area (Å²) in [6.45, 7) is 2.88. The lowest BCUT2D eigenvalue weighted by Crippen LogP contribution is -2.25. The van der Waals surface area contributed by atoms with Gasteiger partial charge in [0.05, 0.1) is 5.02 Å². The topological polar surface area (TPSA) is 12.0 Å². The first-order chi connectivity index (χ1) is 10.1. The first-order valence-corrected chi connectivity index (χ1v) is 7.79. The van der Waals surface area contributed by atoms with E-state index < -0.39 is 0 Å². The van der Waals surface area contributed by atoms with E-state index in [1.165, 1.54) is 0 Å². The summed E-state index contributed by atoms with van der Waals surface area (Å²) in [4.78, 5) is 0. The third-order valence-corrected chi connectivity index (χ3v) is 4.04. The molecule has 0 amide bonds. The van der Waals surface area contributed by atoms with Crippen LogP contribution in [0.2, 0.25) is 10.0 Å². The van der Waals surface area contributed by atoms with Gasteiger partial charge in [0.15, 0.2) is 0 Å². The number of benzene rings is 2. The van der Waals surface area contributed by atoms with E-state index in [4.69, 9.17) is 23.2 Å². The Morgan fingerprint density at radius 3 is 2.48 bits per heavy atom. The highest BCUT2D eigenvalue weighted by Crippen LogP contribution is 2.28. The summed E-state index contributed by atoms with van der Waals surface area (Å²) >= 11 is 12.1. The highest BCUT2D eigenvalue weighted by atomic mass is 35.5. The molecular weight excluding hydrogens is 308 g/mol. The molecule has 0 aliphatic heterocycles. The summed E-state index contributed by atoms with van der Waals surface area (Å²) in [6, 6.07) is 12.6. The van der Waals surface area contributed by atoms with Gasteiger partial charge < -0.3 is 5.32 Å². The van der Waals surface area contributed by atoms with Crippen LogP contribution in [0.15, 0.2) is 42.5 Å². The van der Waals surface area contributed by atoms with E-state index in [0.29, 0.717) is 17.0 Å². The summed E-state index contributed by atoms with van der Waals surface area (Å²) in [7, 11) is 0. The lowest BCUT2D eigenvalue weighted by Gasteiger charge is -2.20. The van der Waals surface area contributed by atoms with Crippen LogP contribution >= 0.6 is 23.2 Å². The van der Waals surface area contributed by atoms with E-state index in [1.807, 2.05) is 24.3 Å². The Kier molecular flexibility index (Phi) is 6.04. The van der Waals surface area contributed by atoms with E-state index in [1.54, 1.807) is 18.2 Å². The smallest absolute Gasteiger partial charge is 0.146 e. The number of rotatable bonds is 6. The van der Waals surface area contributed by atoms with Crippen molar-refractivity contribution < 1.29 is 4.39 Å². The zero-order valence-corrected chi connectivity index (χ0v) is 13.4. The zero-order valence-electron chi connectivity index (χ0n) is 11.9. The second kappa shape index (κ2) is 7.79. The van der Waals surface area contributed by atoms with E-state index in [9.17, 15) is 4.39 Å². The minimum absolute atomic E-state index is 0.148. The molecule has 1 unspecified atom stereocenters. The molecule has 0 radical (unpaired) electrons. The molecule has 2 aromatic rings. The van der Waals surface area contributed by atoms with Crippen LogP contribution in [0.3, 0.4) is 0 Å². The Hall–Kier alpha value is -1.09. The van der Waals surface area contributed by atoms with Crippen molar-refractivity contribution in [3.8, 4) is 0 Å². The van der Waals surface area contributed by atoms with Crippen LogP contribution in [0.1, 0.15) is 30.5 Å². The van der Waals surface area contributed by atoms with Crippen molar-refractivity contribution in [1.82, 2.24) is 5.32 Å². The van der Waals surface area contributed by atoms with Crippen LogP contribution in [0.4, 0.5) is 4.39 Å². The Bertz CT molecular complexity index is 601. The molecule has 0 bridgehead atoms. The summed E-state index contributed by atoms with van der Waals surface area (Å²) in [5.74, 6) is -0.361. The predicted molar refractivity (Wildman–Crippen MR) is 87.6 cm³/mol. The van der Waals surface area contributed by atoms with Crippen LogP contribution in [0.25, 0.3) is 0 Å². The van der Waals surface area contributed by atoms with Gasteiger partial charge in [0.1, 0.15) is 5.82 Å². The largest absolute Gasteiger partial charge is 0.310 e. The maximum Gasteiger partial charge on any atom is 0.146 e. The average molecular weight is 326 g/mol. The molecule has 4 heteroatoms. The van der Waals surface area contributed by atoms with Gasteiger partial charge in [-0.3, -0.25) is 0 Å². The average Bonchev–Trinajstić information content (AvgIpc) is 2.48. The van der Waals surface area contributed by atoms with Crippen molar-refractivity contribution in [2.24, 2.45) is 0 Å². The van der Waals surface area contributed by atoms with Gasteiger partial charge in [0.2, 0.25) is 0 Å². The van der Waals surface area contributed by atoms with Gasteiger partial charge in [-0.2, -0.15) is 0 Å². The molecule has 2 rings (SSSR count). The van der Waals surface area contributed by atoms with Crippen LogP contribution in [0, 0.1) is 5.82 Å². The highest BCUT2D eigenvalue weighted by Gasteiger charge is 2.18. The van der Waals surface area contributed by atoms with Crippen molar-refractivity contribution in [1.29, 1.82) is 0 Å². The summed E-state index contributed by atoms with van der Waals surface area (Å²) in [5, 5.41) is 4.22. The highest BCUT2D eigenvalue weighted by molar-refractivity contribution is 6.31. The maximum atomic E-state index is 14.3. The minimum atomic E-state index is -0.361. The molecule has 1 atom stereocenters. The van der Waals surface area contributed by atoms with Crippen molar-refractivity contribution in [2.75, 3.05) is 6.54 Å². The standard InChI is InChI=1S/C17H18Cl2FN/c1-2-10-21-16(11-12-6-3-4-8-14(12)18)13-7-5-9-15(19)17(13)20/h3-9,16,21H,2,10-11H2,1H3. The summed E-state index contributed by atoms with van der Waals surface area (Å²) in [5.41, 5.74) is 1.57. The zero-order chi connectivity index (χ0) is 15.2. The van der Waals surface area contributed by atoms with Crippen LogP contribution in [-0.4, -0.2) is 6.54 Å². The minimum Gasteiger partial charge on any atom is -0.310 e. The van der Waals surface area contributed by atoms with E-state index >= 15 is 0 Å². The predicted octanol–water partition coefficient (Wildman–Crippen LogP) is 5.42. The van der Waals surface area contributed by atoms with Gasteiger partial charge in [-0.05, 0) is 37.1 Å². The van der Waals surface area contributed by atoms with Crippen molar-refractivity contribution in [3.63, 3.8) is 0 Å². The summed E-state index contributed by atoms with van der Waals surface area (Å²) < 4.78 is 14.3. The maximum absolute atomic E-state index is 14.3. The first-order valence-electron chi connectivity index (χ1n) is 7.04. The first kappa shape index (κ1) is 16.3. The molecule has 112 valence electrons. The van der Waals surface area contributed by atoms with Crippen LogP contribution < -0.4 is 5.32 Å². The van der Waals surface area contributed by atoms with Crippen molar-refractivity contribution in [3.05, 3.63) is 69.5 Å². The Balaban J connectivity index is 2.30. The molecule has 0 spiro atoms. The number of nitrogens with one attached hydrogen (secondary N) is 1. The fourth-order valence-corrected chi connectivity index (χ4v) is 2.68. The third-order valence-electron chi connectivity index (χ3n) is 3.38. The molecule has 1 nitrogen and oxygen atoms in total. The number of halogens is 3. The molecular formula is C17H18Cl2FN.